The Kier molecular flexibility index (Phi) is 7.75. The largest absolute Gasteiger partial charge is 0.496 e. The van der Waals surface area contributed by atoms with Crippen molar-refractivity contribution in [3.63, 3.8) is 0 Å². The summed E-state index contributed by atoms with van der Waals surface area (Å²) in [5.74, 6) is 0.304. The zero-order valence-corrected chi connectivity index (χ0v) is 23.4. The molecule has 11 nitrogen and oxygen atoms in total. The highest BCUT2D eigenvalue weighted by molar-refractivity contribution is 6.02. The summed E-state index contributed by atoms with van der Waals surface area (Å²) in [6.45, 7) is 3.01. The van der Waals surface area contributed by atoms with Crippen LogP contribution >= 0.6 is 0 Å². The Morgan fingerprint density at radius 1 is 1.05 bits per heavy atom. The van der Waals surface area contributed by atoms with E-state index in [1.165, 1.54) is 36.7 Å². The molecule has 1 saturated heterocycles. The summed E-state index contributed by atoms with van der Waals surface area (Å²) in [6, 6.07) is 10.9. The fraction of sp³-hybridized carbons (Fsp3) is 0.226. The van der Waals surface area contributed by atoms with Gasteiger partial charge < -0.3 is 14.2 Å². The van der Waals surface area contributed by atoms with E-state index in [0.29, 0.717) is 48.9 Å². The second kappa shape index (κ2) is 11.9. The molecule has 0 atom stereocenters. The Bertz CT molecular complexity index is 1850. The Morgan fingerprint density at radius 2 is 1.79 bits per heavy atom. The van der Waals surface area contributed by atoms with Gasteiger partial charge >= 0.3 is 0 Å². The van der Waals surface area contributed by atoms with E-state index in [4.69, 9.17) is 14.2 Å². The maximum atomic E-state index is 13.6. The quantitative estimate of drug-likeness (QED) is 0.278. The lowest BCUT2D eigenvalue weighted by molar-refractivity contribution is 0.0655. The van der Waals surface area contributed by atoms with Crippen molar-refractivity contribution in [2.45, 2.75) is 25.8 Å². The summed E-state index contributed by atoms with van der Waals surface area (Å²) in [6.07, 6.45) is 7.39. The predicted octanol–water partition coefficient (Wildman–Crippen LogP) is 5.10. The molecule has 5 aromatic rings. The van der Waals surface area contributed by atoms with Crippen LogP contribution in [0.3, 0.4) is 0 Å². The normalized spacial score (nSPS) is 13.6. The highest BCUT2D eigenvalue weighted by Crippen LogP contribution is 2.33. The van der Waals surface area contributed by atoms with Gasteiger partial charge in [-0.2, -0.15) is 5.10 Å². The Morgan fingerprint density at radius 3 is 2.51 bits per heavy atom. The van der Waals surface area contributed by atoms with Crippen molar-refractivity contribution < 1.29 is 23.4 Å². The number of pyridine rings is 1. The minimum absolute atomic E-state index is 0.0415. The molecular weight excluding hydrogens is 555 g/mol. The van der Waals surface area contributed by atoms with Crippen molar-refractivity contribution >= 4 is 22.8 Å². The summed E-state index contributed by atoms with van der Waals surface area (Å²) in [4.78, 5) is 39.5. The fourth-order valence-corrected chi connectivity index (χ4v) is 4.91. The molecule has 0 aliphatic carbocycles. The summed E-state index contributed by atoms with van der Waals surface area (Å²) in [7, 11) is 1.60. The first-order chi connectivity index (χ1) is 20.9. The number of hydrogen-bond acceptors (Lipinski definition) is 9. The molecule has 1 aliphatic rings. The van der Waals surface area contributed by atoms with Crippen LogP contribution in [0.4, 0.5) is 10.3 Å². The van der Waals surface area contributed by atoms with Gasteiger partial charge in [-0.15, -0.1) is 0 Å². The van der Waals surface area contributed by atoms with Crippen molar-refractivity contribution in [3.8, 4) is 28.4 Å². The first-order valence-corrected chi connectivity index (χ1v) is 13.6. The number of nitrogens with zero attached hydrogens (tertiary/aromatic N) is 5. The van der Waals surface area contributed by atoms with Crippen molar-refractivity contribution in [1.29, 1.82) is 0 Å². The molecule has 1 amide bonds. The number of carbonyl (C=O) groups is 1. The number of carbonyl (C=O) groups excluding carboxylic acids is 1. The van der Waals surface area contributed by atoms with E-state index < -0.39 is 17.2 Å². The van der Waals surface area contributed by atoms with Crippen LogP contribution in [0.15, 0.2) is 72.0 Å². The van der Waals surface area contributed by atoms with Crippen molar-refractivity contribution in [2.75, 3.05) is 25.6 Å². The number of ether oxygens (including phenoxy) is 3. The summed E-state index contributed by atoms with van der Waals surface area (Å²) in [5.41, 5.74) is 1.46. The molecule has 4 heterocycles. The van der Waals surface area contributed by atoms with Crippen LogP contribution in [0.25, 0.3) is 22.0 Å². The smallest absolute Gasteiger partial charge is 0.282 e. The molecule has 0 saturated carbocycles. The molecular formula is C31H27FN6O5. The number of rotatable bonds is 7. The molecule has 0 bridgehead atoms. The number of anilines is 1. The average molecular weight is 583 g/mol. The first kappa shape index (κ1) is 27.9. The van der Waals surface area contributed by atoms with E-state index in [1.54, 1.807) is 30.3 Å². The van der Waals surface area contributed by atoms with Crippen LogP contribution in [-0.4, -0.2) is 51.0 Å². The molecule has 2 aromatic carbocycles. The van der Waals surface area contributed by atoms with E-state index in [9.17, 15) is 14.0 Å². The van der Waals surface area contributed by atoms with Gasteiger partial charge in [-0.05, 0) is 61.2 Å². The second-order valence-electron chi connectivity index (χ2n) is 10.00. The molecule has 1 fully saturated rings. The number of aromatic nitrogens is 5. The van der Waals surface area contributed by atoms with Crippen LogP contribution in [0, 0.1) is 12.7 Å². The molecule has 218 valence electrons. The third kappa shape index (κ3) is 5.90. The predicted molar refractivity (Wildman–Crippen MR) is 156 cm³/mol. The van der Waals surface area contributed by atoms with Crippen LogP contribution in [0.2, 0.25) is 0 Å². The molecule has 1 N–H and O–H groups in total. The molecule has 3 aromatic heterocycles. The van der Waals surface area contributed by atoms with Crippen LogP contribution < -0.4 is 20.2 Å². The van der Waals surface area contributed by atoms with Gasteiger partial charge in [0.25, 0.3) is 5.91 Å². The molecule has 1 aliphatic heterocycles. The molecule has 12 heteroatoms. The minimum Gasteiger partial charge on any atom is -0.496 e. The number of fused-ring (bicyclic) bond motifs is 1. The lowest BCUT2D eigenvalue weighted by Gasteiger charge is -2.24. The fourth-order valence-electron chi connectivity index (χ4n) is 4.91. The topological polar surface area (TPSA) is 130 Å². The van der Waals surface area contributed by atoms with Gasteiger partial charge in [0.15, 0.2) is 11.4 Å². The van der Waals surface area contributed by atoms with E-state index >= 15 is 0 Å². The van der Waals surface area contributed by atoms with Crippen molar-refractivity contribution in [3.05, 3.63) is 94.5 Å². The third-order valence-electron chi connectivity index (χ3n) is 7.17. The highest BCUT2D eigenvalue weighted by Gasteiger charge is 2.23. The van der Waals surface area contributed by atoms with Gasteiger partial charge in [0, 0.05) is 36.6 Å². The molecule has 43 heavy (non-hydrogen) atoms. The first-order valence-electron chi connectivity index (χ1n) is 13.6. The average Bonchev–Trinajstić information content (AvgIpc) is 3.03. The number of benzene rings is 2. The van der Waals surface area contributed by atoms with Gasteiger partial charge in [0.05, 0.1) is 31.1 Å². The Labute approximate surface area is 245 Å². The zero-order chi connectivity index (χ0) is 29.9. The number of amides is 1. The van der Waals surface area contributed by atoms with Crippen molar-refractivity contribution in [2.24, 2.45) is 0 Å². The number of methoxy groups -OCH3 is 1. The third-order valence-corrected chi connectivity index (χ3v) is 7.17. The number of hydrogen-bond donors (Lipinski definition) is 1. The van der Waals surface area contributed by atoms with Gasteiger partial charge in [0.1, 0.15) is 17.3 Å². The van der Waals surface area contributed by atoms with Gasteiger partial charge in [-0.3, -0.25) is 24.6 Å². The van der Waals surface area contributed by atoms with Crippen LogP contribution in [-0.2, 0) is 4.74 Å². The minimum atomic E-state index is -0.772. The van der Waals surface area contributed by atoms with Crippen LogP contribution in [0.1, 0.15) is 34.9 Å². The molecule has 0 unspecified atom stereocenters. The second-order valence-corrected chi connectivity index (χ2v) is 10.00. The lowest BCUT2D eigenvalue weighted by Crippen LogP contribution is -2.31. The van der Waals surface area contributed by atoms with Crippen LogP contribution in [0.5, 0.6) is 17.2 Å². The lowest BCUT2D eigenvalue weighted by atomic mass is 10.1. The van der Waals surface area contributed by atoms with Crippen molar-refractivity contribution in [1.82, 2.24) is 24.7 Å². The Hall–Kier alpha value is -5.23. The van der Waals surface area contributed by atoms with E-state index in [-0.39, 0.29) is 23.2 Å². The van der Waals surface area contributed by atoms with Gasteiger partial charge in [-0.25, -0.2) is 14.4 Å². The maximum Gasteiger partial charge on any atom is 0.282 e. The zero-order valence-electron chi connectivity index (χ0n) is 23.4. The highest BCUT2D eigenvalue weighted by atomic mass is 19.1. The van der Waals surface area contributed by atoms with E-state index in [2.05, 4.69) is 25.4 Å². The van der Waals surface area contributed by atoms with Gasteiger partial charge in [0.2, 0.25) is 11.4 Å². The monoisotopic (exact) mass is 582 g/mol. The van der Waals surface area contributed by atoms with E-state index in [1.807, 2.05) is 19.1 Å². The Balaban J connectivity index is 1.26. The summed E-state index contributed by atoms with van der Waals surface area (Å²) >= 11 is 0. The van der Waals surface area contributed by atoms with E-state index in [0.717, 1.165) is 16.5 Å². The molecule has 0 radical (unpaired) electrons. The number of aryl methyl sites for hydroxylation is 1. The maximum absolute atomic E-state index is 13.6. The summed E-state index contributed by atoms with van der Waals surface area (Å²) in [5, 5.41) is 7.69. The molecule has 0 spiro atoms. The number of halogens is 1. The van der Waals surface area contributed by atoms with Gasteiger partial charge in [-0.1, -0.05) is 12.1 Å². The number of nitrogens with one attached hydrogen (secondary N) is 1. The SMILES string of the molecule is COc1cc2c(Oc3cnc(NC(=O)c4nn(C5CCOCC5)cc(-c5ccc(F)cc5)c4=O)nc3)ccnc2cc1C. The summed E-state index contributed by atoms with van der Waals surface area (Å²) < 4.78 is 32.1. The standard InChI is InChI=1S/C31H27FN6O5/c1-18-13-25-23(14-27(18)41-2)26(7-10-33-25)43-22-15-34-31(35-16-22)36-30(40)28-29(39)24(19-3-5-20(32)6-4-19)17-38(37-28)21-8-11-42-12-9-21/h3-7,10,13-17,21H,8-9,11-12H2,1-2H3,(H,34,35,36,40). The molecule has 6 rings (SSSR count).